The molecule has 1 atom stereocenters. The van der Waals surface area contributed by atoms with E-state index in [1.54, 1.807) is 6.07 Å². The lowest BCUT2D eigenvalue weighted by atomic mass is 10.2. The number of hydrogen-bond acceptors (Lipinski definition) is 4. The highest BCUT2D eigenvalue weighted by Crippen LogP contribution is 2.24. The van der Waals surface area contributed by atoms with E-state index in [1.165, 1.54) is 18.2 Å². The Morgan fingerprint density at radius 2 is 2.17 bits per heavy atom. The number of rotatable bonds is 2. The van der Waals surface area contributed by atoms with E-state index >= 15 is 0 Å². The van der Waals surface area contributed by atoms with Crippen molar-refractivity contribution in [3.8, 4) is 5.75 Å². The van der Waals surface area contributed by atoms with Crippen molar-refractivity contribution in [2.75, 3.05) is 5.75 Å². The quantitative estimate of drug-likeness (QED) is 0.852. The predicted octanol–water partition coefficient (Wildman–Crippen LogP) is 1.20. The molecule has 0 aliphatic carbocycles. The highest BCUT2D eigenvalue weighted by Gasteiger charge is 2.23. The SMILES string of the molecule is O=C(NC1C=CS(=O)(=O)C1)c1ccc(Br)c(O)c1. The van der Waals surface area contributed by atoms with Crippen LogP contribution in [-0.2, 0) is 9.84 Å². The van der Waals surface area contributed by atoms with Gasteiger partial charge in [0.15, 0.2) is 9.84 Å². The second kappa shape index (κ2) is 4.74. The largest absolute Gasteiger partial charge is 0.507 e. The van der Waals surface area contributed by atoms with E-state index in [1.807, 2.05) is 0 Å². The summed E-state index contributed by atoms with van der Waals surface area (Å²) in [5.41, 5.74) is 0.272. The maximum Gasteiger partial charge on any atom is 0.251 e. The molecule has 2 rings (SSSR count). The third-order valence-corrected chi connectivity index (χ3v) is 4.52. The molecule has 1 amide bonds. The van der Waals surface area contributed by atoms with E-state index in [0.29, 0.717) is 4.47 Å². The highest BCUT2D eigenvalue weighted by molar-refractivity contribution is 9.10. The zero-order valence-electron chi connectivity index (χ0n) is 9.13. The van der Waals surface area contributed by atoms with Gasteiger partial charge in [-0.05, 0) is 40.2 Å². The lowest BCUT2D eigenvalue weighted by Crippen LogP contribution is -2.35. The number of aromatic hydroxyl groups is 1. The Hall–Kier alpha value is -1.34. The summed E-state index contributed by atoms with van der Waals surface area (Å²) in [6, 6.07) is 3.87. The lowest BCUT2D eigenvalue weighted by molar-refractivity contribution is 0.0947. The summed E-state index contributed by atoms with van der Waals surface area (Å²) in [4.78, 5) is 11.8. The van der Waals surface area contributed by atoms with Crippen molar-refractivity contribution in [3.63, 3.8) is 0 Å². The Bertz CT molecular complexity index is 624. The Labute approximate surface area is 113 Å². The fourth-order valence-corrected chi connectivity index (χ4v) is 3.05. The Balaban J connectivity index is 2.09. The van der Waals surface area contributed by atoms with Gasteiger partial charge >= 0.3 is 0 Å². The molecule has 0 fully saturated rings. The number of carbonyl (C=O) groups excluding carboxylic acids is 1. The molecule has 18 heavy (non-hydrogen) atoms. The molecule has 0 saturated carbocycles. The van der Waals surface area contributed by atoms with Crippen LogP contribution in [0.25, 0.3) is 0 Å². The van der Waals surface area contributed by atoms with E-state index in [9.17, 15) is 18.3 Å². The van der Waals surface area contributed by atoms with E-state index in [4.69, 9.17) is 0 Å². The van der Waals surface area contributed by atoms with E-state index in [0.717, 1.165) is 5.41 Å². The molecule has 7 heteroatoms. The first-order valence-corrected chi connectivity index (χ1v) is 7.58. The number of phenolic OH excluding ortho intramolecular Hbond substituents is 1. The van der Waals surface area contributed by atoms with Gasteiger partial charge < -0.3 is 10.4 Å². The zero-order chi connectivity index (χ0) is 13.3. The fourth-order valence-electron chi connectivity index (χ4n) is 1.57. The van der Waals surface area contributed by atoms with Gasteiger partial charge in [0.25, 0.3) is 5.91 Å². The van der Waals surface area contributed by atoms with Gasteiger partial charge in [-0.1, -0.05) is 0 Å². The van der Waals surface area contributed by atoms with Crippen LogP contribution in [0.5, 0.6) is 5.75 Å². The molecule has 0 spiro atoms. The summed E-state index contributed by atoms with van der Waals surface area (Å²) in [5, 5.41) is 13.1. The molecular weight excluding hydrogens is 322 g/mol. The molecular formula is C11H10BrNO4S. The van der Waals surface area contributed by atoms with Crippen molar-refractivity contribution in [2.24, 2.45) is 0 Å². The molecule has 1 unspecified atom stereocenters. The summed E-state index contributed by atoms with van der Waals surface area (Å²) in [5.74, 6) is -0.594. The standard InChI is InChI=1S/C11H10BrNO4S/c12-9-2-1-7(5-10(9)14)11(15)13-8-3-4-18(16,17)6-8/h1-5,8,14H,6H2,(H,13,15). The van der Waals surface area contributed by atoms with Crippen LogP contribution < -0.4 is 5.32 Å². The van der Waals surface area contributed by atoms with Gasteiger partial charge in [0.05, 0.1) is 16.3 Å². The van der Waals surface area contributed by atoms with Crippen LogP contribution >= 0.6 is 15.9 Å². The van der Waals surface area contributed by atoms with Crippen molar-refractivity contribution in [2.45, 2.75) is 6.04 Å². The summed E-state index contributed by atoms with van der Waals surface area (Å²) in [6.07, 6.45) is 1.44. The maximum atomic E-state index is 11.8. The number of hydrogen-bond donors (Lipinski definition) is 2. The summed E-state index contributed by atoms with van der Waals surface area (Å²) >= 11 is 3.11. The van der Waals surface area contributed by atoms with Crippen molar-refractivity contribution in [3.05, 3.63) is 39.7 Å². The maximum absolute atomic E-state index is 11.8. The number of sulfone groups is 1. The smallest absolute Gasteiger partial charge is 0.251 e. The fraction of sp³-hybridized carbons (Fsp3) is 0.182. The monoisotopic (exact) mass is 331 g/mol. The second-order valence-electron chi connectivity index (χ2n) is 3.90. The van der Waals surface area contributed by atoms with Gasteiger partial charge in [-0.2, -0.15) is 0 Å². The minimum atomic E-state index is -3.19. The number of halogens is 1. The predicted molar refractivity (Wildman–Crippen MR) is 70.0 cm³/mol. The first kappa shape index (κ1) is 13.1. The highest BCUT2D eigenvalue weighted by atomic mass is 79.9. The third-order valence-electron chi connectivity index (χ3n) is 2.45. The average molecular weight is 332 g/mol. The van der Waals surface area contributed by atoms with Crippen molar-refractivity contribution in [1.82, 2.24) is 5.32 Å². The summed E-state index contributed by atoms with van der Waals surface area (Å²) < 4.78 is 22.8. The van der Waals surface area contributed by atoms with Gasteiger partial charge in [-0.15, -0.1) is 0 Å². The van der Waals surface area contributed by atoms with Crippen LogP contribution in [0.4, 0.5) is 0 Å². The van der Waals surface area contributed by atoms with Crippen LogP contribution in [0.1, 0.15) is 10.4 Å². The van der Waals surface area contributed by atoms with Gasteiger partial charge in [-0.3, -0.25) is 4.79 Å². The molecule has 0 bridgehead atoms. The third kappa shape index (κ3) is 2.91. The molecule has 0 radical (unpaired) electrons. The van der Waals surface area contributed by atoms with Crippen LogP contribution in [0.3, 0.4) is 0 Å². The minimum absolute atomic E-state index is 0.0442. The van der Waals surface area contributed by atoms with Crippen molar-refractivity contribution in [1.29, 1.82) is 0 Å². The number of phenols is 1. The molecule has 1 aliphatic heterocycles. The van der Waals surface area contributed by atoms with E-state index < -0.39 is 21.8 Å². The van der Waals surface area contributed by atoms with E-state index in [-0.39, 0.29) is 17.1 Å². The number of nitrogens with one attached hydrogen (secondary N) is 1. The summed E-state index contributed by atoms with van der Waals surface area (Å²) in [7, 11) is -3.19. The van der Waals surface area contributed by atoms with Gasteiger partial charge in [0.2, 0.25) is 0 Å². The molecule has 5 nitrogen and oxygen atoms in total. The topological polar surface area (TPSA) is 83.5 Å². The van der Waals surface area contributed by atoms with Crippen LogP contribution in [-0.4, -0.2) is 31.2 Å². The summed E-state index contributed by atoms with van der Waals surface area (Å²) in [6.45, 7) is 0. The number of amides is 1. The van der Waals surface area contributed by atoms with Crippen LogP contribution in [0.15, 0.2) is 34.2 Å². The van der Waals surface area contributed by atoms with Gasteiger partial charge in [0.1, 0.15) is 5.75 Å². The molecule has 1 aliphatic rings. The van der Waals surface area contributed by atoms with Crippen LogP contribution in [0.2, 0.25) is 0 Å². The molecule has 0 saturated heterocycles. The number of benzene rings is 1. The van der Waals surface area contributed by atoms with Crippen molar-refractivity contribution >= 4 is 31.7 Å². The number of carbonyl (C=O) groups is 1. The van der Waals surface area contributed by atoms with Crippen molar-refractivity contribution < 1.29 is 18.3 Å². The van der Waals surface area contributed by atoms with E-state index in [2.05, 4.69) is 21.2 Å². The average Bonchev–Trinajstić information content (AvgIpc) is 2.62. The Kier molecular flexibility index (Phi) is 3.45. The minimum Gasteiger partial charge on any atom is -0.507 e. The molecule has 96 valence electrons. The first-order chi connectivity index (χ1) is 8.37. The molecule has 0 aromatic heterocycles. The Morgan fingerprint density at radius 1 is 1.44 bits per heavy atom. The van der Waals surface area contributed by atoms with Gasteiger partial charge in [-0.25, -0.2) is 8.42 Å². The Morgan fingerprint density at radius 3 is 2.72 bits per heavy atom. The molecule has 1 heterocycles. The van der Waals surface area contributed by atoms with Gasteiger partial charge in [0, 0.05) is 11.0 Å². The molecule has 2 N–H and O–H groups in total. The second-order valence-corrected chi connectivity index (χ2v) is 6.69. The van der Waals surface area contributed by atoms with Crippen LogP contribution in [0, 0.1) is 0 Å². The molecule has 1 aromatic carbocycles. The lowest BCUT2D eigenvalue weighted by Gasteiger charge is -2.10. The normalized spacial score (nSPS) is 20.8. The zero-order valence-corrected chi connectivity index (χ0v) is 11.5. The first-order valence-electron chi connectivity index (χ1n) is 5.08. The molecule has 1 aromatic rings.